The Morgan fingerprint density at radius 2 is 1.84 bits per heavy atom. The third kappa shape index (κ3) is 5.12. The molecule has 0 bridgehead atoms. The van der Waals surface area contributed by atoms with Crippen LogP contribution in [0.5, 0.6) is 0 Å². The molecular weight excluding hydrogens is 242 g/mol. The molecule has 4 nitrogen and oxygen atoms in total. The van der Waals surface area contributed by atoms with E-state index in [-0.39, 0.29) is 11.5 Å². The fraction of sp³-hybridized carbons (Fsp3) is 0.467. The molecule has 1 rings (SSSR count). The number of carbonyl (C=O) groups is 2. The molecule has 0 aliphatic carbocycles. The van der Waals surface area contributed by atoms with E-state index in [1.165, 1.54) is 6.07 Å². The summed E-state index contributed by atoms with van der Waals surface area (Å²) in [5, 5.41) is 11.8. The van der Waals surface area contributed by atoms with Gasteiger partial charge in [0.15, 0.2) is 0 Å². The van der Waals surface area contributed by atoms with Crippen molar-refractivity contribution in [2.24, 2.45) is 5.92 Å². The lowest BCUT2D eigenvalue weighted by atomic mass is 10.1. The third-order valence-electron chi connectivity index (χ3n) is 2.83. The van der Waals surface area contributed by atoms with Crippen molar-refractivity contribution in [3.63, 3.8) is 0 Å². The van der Waals surface area contributed by atoms with Crippen molar-refractivity contribution in [2.75, 3.05) is 6.54 Å². The van der Waals surface area contributed by atoms with Crippen LogP contribution in [-0.2, 0) is 0 Å². The first-order valence-corrected chi connectivity index (χ1v) is 6.53. The summed E-state index contributed by atoms with van der Waals surface area (Å²) in [6.45, 7) is 6.68. The highest BCUT2D eigenvalue weighted by atomic mass is 16.4. The van der Waals surface area contributed by atoms with Crippen molar-refractivity contribution in [1.29, 1.82) is 0 Å². The Kier molecular flexibility index (Phi) is 5.55. The highest BCUT2D eigenvalue weighted by Crippen LogP contribution is 2.10. The maximum absolute atomic E-state index is 11.9. The number of carboxylic acid groups (broad SMARTS) is 1. The number of carboxylic acids is 1. The van der Waals surface area contributed by atoms with Crippen LogP contribution >= 0.6 is 0 Å². The van der Waals surface area contributed by atoms with Gasteiger partial charge in [0.2, 0.25) is 0 Å². The van der Waals surface area contributed by atoms with Gasteiger partial charge in [0.1, 0.15) is 0 Å². The first-order valence-electron chi connectivity index (χ1n) is 6.53. The second-order valence-electron chi connectivity index (χ2n) is 5.18. The molecule has 0 unspecified atom stereocenters. The number of hydrogen-bond acceptors (Lipinski definition) is 2. The van der Waals surface area contributed by atoms with E-state index in [9.17, 15) is 9.59 Å². The smallest absolute Gasteiger partial charge is 0.335 e. The number of nitrogens with one attached hydrogen (secondary N) is 1. The number of aromatic carboxylic acids is 1. The first kappa shape index (κ1) is 15.2. The molecule has 104 valence electrons. The molecule has 0 spiro atoms. The Morgan fingerprint density at radius 3 is 2.42 bits per heavy atom. The van der Waals surface area contributed by atoms with Crippen molar-refractivity contribution < 1.29 is 14.7 Å². The van der Waals surface area contributed by atoms with Gasteiger partial charge in [-0.25, -0.2) is 4.79 Å². The van der Waals surface area contributed by atoms with Crippen LogP contribution in [0.25, 0.3) is 0 Å². The van der Waals surface area contributed by atoms with Crippen LogP contribution in [-0.4, -0.2) is 23.5 Å². The average Bonchev–Trinajstić information content (AvgIpc) is 2.33. The van der Waals surface area contributed by atoms with Gasteiger partial charge in [0, 0.05) is 12.1 Å². The van der Waals surface area contributed by atoms with Gasteiger partial charge in [-0.3, -0.25) is 4.79 Å². The van der Waals surface area contributed by atoms with E-state index >= 15 is 0 Å². The predicted octanol–water partition coefficient (Wildman–Crippen LogP) is 2.86. The molecule has 0 heterocycles. The van der Waals surface area contributed by atoms with Gasteiger partial charge in [-0.15, -0.1) is 0 Å². The lowest BCUT2D eigenvalue weighted by Gasteiger charge is -2.08. The molecule has 0 aliphatic heterocycles. The van der Waals surface area contributed by atoms with Gasteiger partial charge in [-0.2, -0.15) is 0 Å². The molecule has 1 aromatic carbocycles. The minimum Gasteiger partial charge on any atom is -0.478 e. The van der Waals surface area contributed by atoms with Gasteiger partial charge in [-0.05, 0) is 49.4 Å². The predicted molar refractivity (Wildman–Crippen MR) is 74.5 cm³/mol. The molecule has 0 atom stereocenters. The fourth-order valence-electron chi connectivity index (χ4n) is 1.85. The monoisotopic (exact) mass is 263 g/mol. The fourth-order valence-corrected chi connectivity index (χ4v) is 1.85. The molecule has 0 radical (unpaired) electrons. The van der Waals surface area contributed by atoms with Crippen LogP contribution in [0.15, 0.2) is 18.2 Å². The van der Waals surface area contributed by atoms with Crippen LogP contribution < -0.4 is 5.32 Å². The van der Waals surface area contributed by atoms with E-state index < -0.39 is 5.97 Å². The molecule has 2 N–H and O–H groups in total. The number of rotatable bonds is 6. The lowest BCUT2D eigenvalue weighted by molar-refractivity contribution is 0.0696. The van der Waals surface area contributed by atoms with Crippen molar-refractivity contribution in [3.05, 3.63) is 34.9 Å². The molecular formula is C15H21NO3. The van der Waals surface area contributed by atoms with Gasteiger partial charge >= 0.3 is 5.97 Å². The highest BCUT2D eigenvalue weighted by molar-refractivity contribution is 5.97. The van der Waals surface area contributed by atoms with Crippen LogP contribution in [0.4, 0.5) is 0 Å². The van der Waals surface area contributed by atoms with Crippen molar-refractivity contribution in [3.8, 4) is 0 Å². The van der Waals surface area contributed by atoms with Crippen molar-refractivity contribution in [1.82, 2.24) is 5.32 Å². The molecule has 1 amide bonds. The third-order valence-corrected chi connectivity index (χ3v) is 2.83. The summed E-state index contributed by atoms with van der Waals surface area (Å²) >= 11 is 0. The number of carbonyl (C=O) groups excluding carboxylic acids is 1. The van der Waals surface area contributed by atoms with E-state index in [1.54, 1.807) is 19.1 Å². The molecule has 1 aromatic rings. The topological polar surface area (TPSA) is 66.4 Å². The molecule has 19 heavy (non-hydrogen) atoms. The van der Waals surface area contributed by atoms with E-state index in [2.05, 4.69) is 19.2 Å². The van der Waals surface area contributed by atoms with Crippen LogP contribution in [0, 0.1) is 12.8 Å². The summed E-state index contributed by atoms with van der Waals surface area (Å²) in [5.41, 5.74) is 1.32. The molecule has 0 fully saturated rings. The number of benzene rings is 1. The summed E-state index contributed by atoms with van der Waals surface area (Å²) < 4.78 is 0. The lowest BCUT2D eigenvalue weighted by Crippen LogP contribution is -2.25. The van der Waals surface area contributed by atoms with E-state index in [0.717, 1.165) is 18.4 Å². The SMILES string of the molecule is Cc1cc(C(=O)O)cc(C(=O)NCCCC(C)C)c1. The van der Waals surface area contributed by atoms with Crippen LogP contribution in [0.2, 0.25) is 0 Å². The number of hydrogen-bond donors (Lipinski definition) is 2. The summed E-state index contributed by atoms with van der Waals surface area (Å²) in [6.07, 6.45) is 2.00. The summed E-state index contributed by atoms with van der Waals surface area (Å²) in [7, 11) is 0. The summed E-state index contributed by atoms with van der Waals surface area (Å²) in [5.74, 6) is -0.609. The van der Waals surface area contributed by atoms with Crippen molar-refractivity contribution >= 4 is 11.9 Å². The Hall–Kier alpha value is -1.84. The largest absolute Gasteiger partial charge is 0.478 e. The molecule has 0 saturated heterocycles. The van der Waals surface area contributed by atoms with E-state index in [4.69, 9.17) is 5.11 Å². The minimum absolute atomic E-state index is 0.146. The molecule has 0 saturated carbocycles. The maximum Gasteiger partial charge on any atom is 0.335 e. The standard InChI is InChI=1S/C15H21NO3/c1-10(2)5-4-6-16-14(17)12-7-11(3)8-13(9-12)15(18)19/h7-10H,4-6H2,1-3H3,(H,16,17)(H,18,19). The zero-order chi connectivity index (χ0) is 14.4. The average molecular weight is 263 g/mol. The molecule has 0 aromatic heterocycles. The molecule has 4 heteroatoms. The van der Waals surface area contributed by atoms with Gasteiger partial charge in [0.05, 0.1) is 5.56 Å². The first-order chi connectivity index (χ1) is 8.90. The van der Waals surface area contributed by atoms with Crippen LogP contribution in [0.3, 0.4) is 0 Å². The zero-order valence-electron chi connectivity index (χ0n) is 11.7. The quantitative estimate of drug-likeness (QED) is 0.775. The Balaban J connectivity index is 2.64. The zero-order valence-corrected chi connectivity index (χ0v) is 11.7. The maximum atomic E-state index is 11.9. The second kappa shape index (κ2) is 6.92. The van der Waals surface area contributed by atoms with Gasteiger partial charge in [0.25, 0.3) is 5.91 Å². The Bertz CT molecular complexity index is 466. The van der Waals surface area contributed by atoms with E-state index in [0.29, 0.717) is 18.0 Å². The number of amides is 1. The van der Waals surface area contributed by atoms with Crippen LogP contribution in [0.1, 0.15) is 53.0 Å². The Morgan fingerprint density at radius 1 is 1.21 bits per heavy atom. The minimum atomic E-state index is -1.02. The van der Waals surface area contributed by atoms with E-state index in [1.807, 2.05) is 0 Å². The van der Waals surface area contributed by atoms with Crippen molar-refractivity contribution in [2.45, 2.75) is 33.6 Å². The normalized spacial score (nSPS) is 10.5. The molecule has 0 aliphatic rings. The number of aryl methyl sites for hydroxylation is 1. The van der Waals surface area contributed by atoms with Gasteiger partial charge < -0.3 is 10.4 Å². The Labute approximate surface area is 113 Å². The summed E-state index contributed by atoms with van der Waals surface area (Å²) in [4.78, 5) is 22.8. The highest BCUT2D eigenvalue weighted by Gasteiger charge is 2.10. The summed E-state index contributed by atoms with van der Waals surface area (Å²) in [6, 6.07) is 4.66. The second-order valence-corrected chi connectivity index (χ2v) is 5.18. The van der Waals surface area contributed by atoms with Gasteiger partial charge in [-0.1, -0.05) is 13.8 Å².